The zero-order valence-corrected chi connectivity index (χ0v) is 13.8. The number of rotatable bonds is 6. The van der Waals surface area contributed by atoms with E-state index in [1.165, 1.54) is 0 Å². The molecule has 2 N–H and O–H groups in total. The molecule has 24 heavy (non-hydrogen) atoms. The molecule has 0 radical (unpaired) electrons. The molecule has 0 fully saturated rings. The van der Waals surface area contributed by atoms with E-state index < -0.39 is 11.8 Å². The van der Waals surface area contributed by atoms with Crippen LogP contribution in [0.5, 0.6) is 0 Å². The summed E-state index contributed by atoms with van der Waals surface area (Å²) in [5, 5.41) is 9.33. The standard InChI is InChI=1S/C16H13Cl2N3O3/c17-11-5-1-3-7-13(11)20-15(22)9-19-24-10-16(23)21-14-8-4-2-6-12(14)18/h1-9H,10H2,(H,20,22)(H,21,23). The van der Waals surface area contributed by atoms with Crippen LogP contribution in [0.1, 0.15) is 0 Å². The molecular weight excluding hydrogens is 353 g/mol. The maximum absolute atomic E-state index is 11.7. The number of benzene rings is 2. The Bertz CT molecular complexity index is 766. The zero-order chi connectivity index (χ0) is 17.4. The Hall–Kier alpha value is -2.57. The average molecular weight is 366 g/mol. The minimum Gasteiger partial charge on any atom is -0.385 e. The number of amides is 2. The Morgan fingerprint density at radius 1 is 0.958 bits per heavy atom. The maximum Gasteiger partial charge on any atom is 0.270 e. The molecular formula is C16H13Cl2N3O3. The van der Waals surface area contributed by atoms with Crippen molar-refractivity contribution >= 4 is 52.6 Å². The third-order valence-electron chi connectivity index (χ3n) is 2.72. The summed E-state index contributed by atoms with van der Waals surface area (Å²) in [7, 11) is 0. The van der Waals surface area contributed by atoms with Crippen molar-refractivity contribution in [3.05, 3.63) is 58.6 Å². The van der Waals surface area contributed by atoms with Crippen LogP contribution in [-0.2, 0) is 14.4 Å². The normalized spacial score (nSPS) is 10.4. The number of oxime groups is 1. The van der Waals surface area contributed by atoms with Gasteiger partial charge in [0, 0.05) is 0 Å². The van der Waals surface area contributed by atoms with E-state index in [1.54, 1.807) is 48.5 Å². The number of nitrogens with zero attached hydrogens (tertiary/aromatic N) is 1. The molecule has 0 saturated heterocycles. The van der Waals surface area contributed by atoms with Crippen molar-refractivity contribution in [2.45, 2.75) is 0 Å². The summed E-state index contributed by atoms with van der Waals surface area (Å²) < 4.78 is 0. The van der Waals surface area contributed by atoms with E-state index in [4.69, 9.17) is 28.0 Å². The Balaban J connectivity index is 1.76. The molecule has 2 rings (SSSR count). The van der Waals surface area contributed by atoms with Gasteiger partial charge in [0.1, 0.15) is 6.21 Å². The highest BCUT2D eigenvalue weighted by Gasteiger charge is 2.06. The first-order valence-electron chi connectivity index (χ1n) is 6.81. The molecule has 0 spiro atoms. The average Bonchev–Trinajstić information content (AvgIpc) is 2.56. The second-order valence-corrected chi connectivity index (χ2v) is 5.32. The van der Waals surface area contributed by atoms with Crippen molar-refractivity contribution in [3.63, 3.8) is 0 Å². The van der Waals surface area contributed by atoms with Gasteiger partial charge in [0.15, 0.2) is 6.61 Å². The molecule has 0 aromatic heterocycles. The number of para-hydroxylation sites is 2. The summed E-state index contributed by atoms with van der Waals surface area (Å²) in [6.45, 7) is -0.360. The maximum atomic E-state index is 11.7. The SMILES string of the molecule is O=C(C=NOCC(=O)Nc1ccccc1Cl)Nc1ccccc1Cl. The topological polar surface area (TPSA) is 79.8 Å². The Kier molecular flexibility index (Phi) is 6.60. The highest BCUT2D eigenvalue weighted by molar-refractivity contribution is 6.36. The van der Waals surface area contributed by atoms with Crippen molar-refractivity contribution in [2.24, 2.45) is 5.16 Å². The van der Waals surface area contributed by atoms with Gasteiger partial charge in [-0.25, -0.2) is 0 Å². The second-order valence-electron chi connectivity index (χ2n) is 4.51. The fraction of sp³-hybridized carbons (Fsp3) is 0.0625. The van der Waals surface area contributed by atoms with Gasteiger partial charge >= 0.3 is 0 Å². The monoisotopic (exact) mass is 365 g/mol. The fourth-order valence-corrected chi connectivity index (χ4v) is 2.02. The molecule has 2 amide bonds. The van der Waals surface area contributed by atoms with Crippen LogP contribution in [0.4, 0.5) is 11.4 Å². The van der Waals surface area contributed by atoms with Gasteiger partial charge in [-0.15, -0.1) is 0 Å². The predicted molar refractivity (Wildman–Crippen MR) is 94.6 cm³/mol. The van der Waals surface area contributed by atoms with Gasteiger partial charge in [-0.2, -0.15) is 0 Å². The van der Waals surface area contributed by atoms with E-state index in [2.05, 4.69) is 15.8 Å². The van der Waals surface area contributed by atoms with Crippen molar-refractivity contribution in [3.8, 4) is 0 Å². The third kappa shape index (κ3) is 5.57. The number of nitrogens with one attached hydrogen (secondary N) is 2. The van der Waals surface area contributed by atoms with Gasteiger partial charge in [-0.1, -0.05) is 52.6 Å². The van der Waals surface area contributed by atoms with Gasteiger partial charge in [0.05, 0.1) is 21.4 Å². The first-order valence-corrected chi connectivity index (χ1v) is 7.57. The van der Waals surface area contributed by atoms with Gasteiger partial charge < -0.3 is 15.5 Å². The lowest BCUT2D eigenvalue weighted by atomic mass is 10.3. The number of hydrogen-bond donors (Lipinski definition) is 2. The smallest absolute Gasteiger partial charge is 0.270 e. The molecule has 0 aliphatic rings. The predicted octanol–water partition coefficient (Wildman–Crippen LogP) is 3.57. The van der Waals surface area contributed by atoms with Crippen molar-refractivity contribution < 1.29 is 14.4 Å². The molecule has 2 aromatic carbocycles. The molecule has 0 heterocycles. The van der Waals surface area contributed by atoms with Crippen LogP contribution in [0.2, 0.25) is 10.0 Å². The molecule has 0 unspecified atom stereocenters. The number of hydrogen-bond acceptors (Lipinski definition) is 4. The molecule has 0 atom stereocenters. The van der Waals surface area contributed by atoms with Crippen molar-refractivity contribution in [1.29, 1.82) is 0 Å². The fourth-order valence-electron chi connectivity index (χ4n) is 1.66. The number of carbonyl (C=O) groups excluding carboxylic acids is 2. The summed E-state index contributed by atoms with van der Waals surface area (Å²) in [5.74, 6) is -0.985. The van der Waals surface area contributed by atoms with Crippen LogP contribution in [0.25, 0.3) is 0 Å². The van der Waals surface area contributed by atoms with Gasteiger partial charge in [-0.3, -0.25) is 9.59 Å². The molecule has 2 aromatic rings. The largest absolute Gasteiger partial charge is 0.385 e. The number of halogens is 2. The Labute approximate surface area is 148 Å². The molecule has 0 aliphatic heterocycles. The van der Waals surface area contributed by atoms with Gasteiger partial charge in [-0.05, 0) is 24.3 Å². The van der Waals surface area contributed by atoms with E-state index in [9.17, 15) is 9.59 Å². The van der Waals surface area contributed by atoms with E-state index in [-0.39, 0.29) is 6.61 Å². The second kappa shape index (κ2) is 8.90. The Morgan fingerprint density at radius 3 is 2.08 bits per heavy atom. The summed E-state index contributed by atoms with van der Waals surface area (Å²) in [6, 6.07) is 13.5. The van der Waals surface area contributed by atoms with Gasteiger partial charge in [0.25, 0.3) is 11.8 Å². The van der Waals surface area contributed by atoms with E-state index in [0.29, 0.717) is 21.4 Å². The summed E-state index contributed by atoms with van der Waals surface area (Å²) in [5.41, 5.74) is 0.917. The quantitative estimate of drug-likeness (QED) is 0.606. The minimum atomic E-state index is -0.533. The number of carbonyl (C=O) groups is 2. The van der Waals surface area contributed by atoms with Crippen LogP contribution in [0, 0.1) is 0 Å². The first kappa shape index (κ1) is 17.8. The number of anilines is 2. The van der Waals surface area contributed by atoms with Crippen LogP contribution in [0.3, 0.4) is 0 Å². The summed E-state index contributed by atoms with van der Waals surface area (Å²) >= 11 is 11.8. The van der Waals surface area contributed by atoms with Crippen LogP contribution in [-0.4, -0.2) is 24.6 Å². The zero-order valence-electron chi connectivity index (χ0n) is 12.3. The van der Waals surface area contributed by atoms with E-state index in [0.717, 1.165) is 6.21 Å². The molecule has 8 heteroatoms. The molecule has 6 nitrogen and oxygen atoms in total. The Morgan fingerprint density at radius 2 is 1.50 bits per heavy atom. The highest BCUT2D eigenvalue weighted by Crippen LogP contribution is 2.20. The van der Waals surface area contributed by atoms with E-state index in [1.807, 2.05) is 0 Å². The van der Waals surface area contributed by atoms with Crippen LogP contribution in [0.15, 0.2) is 53.7 Å². The summed E-state index contributed by atoms with van der Waals surface area (Å²) in [6.07, 6.45) is 0.909. The van der Waals surface area contributed by atoms with E-state index >= 15 is 0 Å². The molecule has 0 aliphatic carbocycles. The first-order chi connectivity index (χ1) is 11.6. The van der Waals surface area contributed by atoms with Crippen molar-refractivity contribution in [2.75, 3.05) is 17.2 Å². The minimum absolute atomic E-state index is 0.360. The molecule has 124 valence electrons. The van der Waals surface area contributed by atoms with Gasteiger partial charge in [0.2, 0.25) is 0 Å². The molecule has 0 bridgehead atoms. The van der Waals surface area contributed by atoms with Crippen LogP contribution < -0.4 is 10.6 Å². The molecule has 0 saturated carbocycles. The lowest BCUT2D eigenvalue weighted by Gasteiger charge is -2.06. The lowest BCUT2D eigenvalue weighted by Crippen LogP contribution is -2.18. The third-order valence-corrected chi connectivity index (χ3v) is 3.38. The van der Waals surface area contributed by atoms with Crippen molar-refractivity contribution in [1.82, 2.24) is 0 Å². The highest BCUT2D eigenvalue weighted by atomic mass is 35.5. The van der Waals surface area contributed by atoms with Crippen LogP contribution >= 0.6 is 23.2 Å². The summed E-state index contributed by atoms with van der Waals surface area (Å²) in [4.78, 5) is 28.1. The lowest BCUT2D eigenvalue weighted by molar-refractivity contribution is -0.120.